The van der Waals surface area contributed by atoms with Crippen molar-refractivity contribution in [1.29, 1.82) is 0 Å². The summed E-state index contributed by atoms with van der Waals surface area (Å²) in [4.78, 5) is 23.9. The van der Waals surface area contributed by atoms with Gasteiger partial charge in [0.15, 0.2) is 0 Å². The minimum Gasteiger partial charge on any atom is -0.459 e. The summed E-state index contributed by atoms with van der Waals surface area (Å²) >= 11 is 0. The van der Waals surface area contributed by atoms with Gasteiger partial charge < -0.3 is 9.15 Å². The number of ether oxygens (including phenoxy) is 1. The Bertz CT molecular complexity index is 964. The molecule has 2 aromatic carbocycles. The molecule has 27 heavy (non-hydrogen) atoms. The lowest BCUT2D eigenvalue weighted by Crippen LogP contribution is -2.23. The first-order chi connectivity index (χ1) is 12.8. The summed E-state index contributed by atoms with van der Waals surface area (Å²) in [6.45, 7) is 6.26. The molecule has 3 rings (SSSR count). The first-order valence-corrected chi connectivity index (χ1v) is 8.71. The van der Waals surface area contributed by atoms with Crippen molar-refractivity contribution in [2.75, 3.05) is 0 Å². The molecule has 0 amide bonds. The molecule has 0 aliphatic carbocycles. The quantitative estimate of drug-likeness (QED) is 0.646. The summed E-state index contributed by atoms with van der Waals surface area (Å²) in [5.41, 5.74) is 2.83. The predicted molar refractivity (Wildman–Crippen MR) is 101 cm³/mol. The van der Waals surface area contributed by atoms with Crippen molar-refractivity contribution in [2.24, 2.45) is 0 Å². The van der Waals surface area contributed by atoms with Crippen LogP contribution in [-0.4, -0.2) is 15.7 Å². The SMILES string of the molecule is CC(C)(C)c1ccc(COC(=O)Cn2nc(-c3ccccc3)oc2=O)cc1. The van der Waals surface area contributed by atoms with Crippen LogP contribution in [0.1, 0.15) is 31.9 Å². The zero-order valence-electron chi connectivity index (χ0n) is 15.6. The monoisotopic (exact) mass is 366 g/mol. The van der Waals surface area contributed by atoms with E-state index in [-0.39, 0.29) is 24.5 Å². The van der Waals surface area contributed by atoms with Gasteiger partial charge in [-0.05, 0) is 28.7 Å². The normalized spacial score (nSPS) is 11.4. The van der Waals surface area contributed by atoms with Crippen LogP contribution in [0.3, 0.4) is 0 Å². The predicted octanol–water partition coefficient (Wildman–Crippen LogP) is 3.54. The zero-order chi connectivity index (χ0) is 19.4. The maximum atomic E-state index is 12.0. The standard InChI is InChI=1S/C21H22N2O4/c1-21(2,3)17-11-9-15(10-12-17)14-26-18(24)13-23-20(25)27-19(22-23)16-7-5-4-6-8-16/h4-12H,13-14H2,1-3H3. The molecule has 0 radical (unpaired) electrons. The first kappa shape index (κ1) is 18.6. The topological polar surface area (TPSA) is 74.3 Å². The minimum atomic E-state index is -0.694. The van der Waals surface area contributed by atoms with Crippen molar-refractivity contribution in [3.8, 4) is 11.5 Å². The van der Waals surface area contributed by atoms with E-state index < -0.39 is 11.7 Å². The van der Waals surface area contributed by atoms with Gasteiger partial charge in [-0.2, -0.15) is 4.68 Å². The lowest BCUT2D eigenvalue weighted by Gasteiger charge is -2.19. The van der Waals surface area contributed by atoms with Crippen LogP contribution in [0, 0.1) is 0 Å². The number of rotatable bonds is 5. The van der Waals surface area contributed by atoms with Gasteiger partial charge in [-0.15, -0.1) is 5.10 Å². The highest BCUT2D eigenvalue weighted by molar-refractivity contribution is 5.69. The molecule has 6 nitrogen and oxygen atoms in total. The fraction of sp³-hybridized carbons (Fsp3) is 0.286. The molecular weight excluding hydrogens is 344 g/mol. The van der Waals surface area contributed by atoms with E-state index in [1.54, 1.807) is 12.1 Å². The summed E-state index contributed by atoms with van der Waals surface area (Å²) in [5.74, 6) is -1.07. The molecule has 0 aliphatic heterocycles. The van der Waals surface area contributed by atoms with Crippen molar-refractivity contribution in [2.45, 2.75) is 39.3 Å². The Balaban J connectivity index is 1.60. The number of benzene rings is 2. The Kier molecular flexibility index (Phi) is 5.26. The summed E-state index contributed by atoms with van der Waals surface area (Å²) in [6.07, 6.45) is 0. The lowest BCUT2D eigenvalue weighted by atomic mass is 9.87. The van der Waals surface area contributed by atoms with E-state index in [2.05, 4.69) is 25.9 Å². The maximum Gasteiger partial charge on any atom is 0.437 e. The molecule has 140 valence electrons. The van der Waals surface area contributed by atoms with Gasteiger partial charge in [0.05, 0.1) is 0 Å². The van der Waals surface area contributed by atoms with Crippen LogP contribution in [-0.2, 0) is 28.1 Å². The van der Waals surface area contributed by atoms with Crippen LogP contribution in [0.5, 0.6) is 0 Å². The Hall–Kier alpha value is -3.15. The number of hydrogen-bond donors (Lipinski definition) is 0. The Morgan fingerprint density at radius 3 is 2.37 bits per heavy atom. The first-order valence-electron chi connectivity index (χ1n) is 8.71. The van der Waals surface area contributed by atoms with Crippen molar-refractivity contribution >= 4 is 5.97 Å². The minimum absolute atomic E-state index is 0.0692. The zero-order valence-corrected chi connectivity index (χ0v) is 15.6. The number of carbonyl (C=O) groups is 1. The number of aromatic nitrogens is 2. The van der Waals surface area contributed by atoms with Crippen LogP contribution >= 0.6 is 0 Å². The molecule has 0 saturated carbocycles. The van der Waals surface area contributed by atoms with E-state index in [1.165, 1.54) is 5.56 Å². The van der Waals surface area contributed by atoms with Gasteiger partial charge in [-0.1, -0.05) is 63.2 Å². The molecule has 0 bridgehead atoms. The smallest absolute Gasteiger partial charge is 0.437 e. The largest absolute Gasteiger partial charge is 0.459 e. The molecule has 0 saturated heterocycles. The molecule has 0 unspecified atom stereocenters. The summed E-state index contributed by atoms with van der Waals surface area (Å²) < 4.78 is 11.3. The Morgan fingerprint density at radius 2 is 1.74 bits per heavy atom. The second kappa shape index (κ2) is 7.61. The average Bonchev–Trinajstić information content (AvgIpc) is 3.01. The third-order valence-corrected chi connectivity index (χ3v) is 4.13. The van der Waals surface area contributed by atoms with E-state index in [9.17, 15) is 9.59 Å². The van der Waals surface area contributed by atoms with E-state index in [1.807, 2.05) is 42.5 Å². The maximum absolute atomic E-state index is 12.0. The van der Waals surface area contributed by atoms with Crippen molar-refractivity contribution < 1.29 is 13.9 Å². The van der Waals surface area contributed by atoms with Crippen LogP contribution in [0.25, 0.3) is 11.5 Å². The number of hydrogen-bond acceptors (Lipinski definition) is 5. The summed E-state index contributed by atoms with van der Waals surface area (Å²) in [6, 6.07) is 16.9. The van der Waals surface area contributed by atoms with Crippen LogP contribution < -0.4 is 5.76 Å². The van der Waals surface area contributed by atoms with Gasteiger partial charge in [-0.25, -0.2) is 4.79 Å². The molecule has 3 aromatic rings. The molecule has 0 aliphatic rings. The van der Waals surface area contributed by atoms with Gasteiger partial charge in [0.1, 0.15) is 13.2 Å². The average molecular weight is 366 g/mol. The summed E-state index contributed by atoms with van der Waals surface area (Å²) in [5, 5.41) is 4.05. The number of nitrogens with zero attached hydrogens (tertiary/aromatic N) is 2. The molecule has 6 heteroatoms. The van der Waals surface area contributed by atoms with Gasteiger partial charge >= 0.3 is 11.7 Å². The lowest BCUT2D eigenvalue weighted by molar-refractivity contribution is -0.146. The molecule has 1 heterocycles. The van der Waals surface area contributed by atoms with E-state index in [0.29, 0.717) is 5.56 Å². The molecule has 1 aromatic heterocycles. The second-order valence-electron chi connectivity index (χ2n) is 7.30. The Labute approximate surface area is 157 Å². The van der Waals surface area contributed by atoms with Gasteiger partial charge in [-0.3, -0.25) is 4.79 Å². The number of carbonyl (C=O) groups excluding carboxylic acids is 1. The third kappa shape index (κ3) is 4.73. The molecule has 0 fully saturated rings. The molecule has 0 N–H and O–H groups in total. The van der Waals surface area contributed by atoms with Crippen molar-refractivity contribution in [3.63, 3.8) is 0 Å². The van der Waals surface area contributed by atoms with Crippen molar-refractivity contribution in [1.82, 2.24) is 9.78 Å². The van der Waals surface area contributed by atoms with Crippen LogP contribution in [0.15, 0.2) is 63.8 Å². The highest BCUT2D eigenvalue weighted by atomic mass is 16.5. The van der Waals surface area contributed by atoms with E-state index in [4.69, 9.17) is 9.15 Å². The molecule has 0 spiro atoms. The second-order valence-corrected chi connectivity index (χ2v) is 7.30. The fourth-order valence-corrected chi connectivity index (χ4v) is 2.54. The summed E-state index contributed by atoms with van der Waals surface area (Å²) in [7, 11) is 0. The van der Waals surface area contributed by atoms with Crippen molar-refractivity contribution in [3.05, 3.63) is 76.3 Å². The third-order valence-electron chi connectivity index (χ3n) is 4.13. The highest BCUT2D eigenvalue weighted by Crippen LogP contribution is 2.22. The van der Waals surface area contributed by atoms with Gasteiger partial charge in [0.2, 0.25) is 5.89 Å². The van der Waals surface area contributed by atoms with E-state index in [0.717, 1.165) is 10.2 Å². The van der Waals surface area contributed by atoms with Gasteiger partial charge in [0.25, 0.3) is 0 Å². The van der Waals surface area contributed by atoms with Gasteiger partial charge in [0, 0.05) is 5.56 Å². The molecular formula is C21H22N2O4. The highest BCUT2D eigenvalue weighted by Gasteiger charge is 2.15. The van der Waals surface area contributed by atoms with Crippen LogP contribution in [0.4, 0.5) is 0 Å². The fourth-order valence-electron chi connectivity index (χ4n) is 2.54. The number of esters is 1. The molecule has 0 atom stereocenters. The van der Waals surface area contributed by atoms with E-state index >= 15 is 0 Å². The Morgan fingerprint density at radius 1 is 1.07 bits per heavy atom. The van der Waals surface area contributed by atoms with Crippen LogP contribution in [0.2, 0.25) is 0 Å².